The molecule has 3 rings (SSSR count). The topological polar surface area (TPSA) is 42.0 Å². The van der Waals surface area contributed by atoms with Crippen LogP contribution < -0.4 is 9.47 Å². The van der Waals surface area contributed by atoms with Crippen molar-refractivity contribution < 1.29 is 14.3 Å². The van der Waals surface area contributed by atoms with Gasteiger partial charge in [0.2, 0.25) is 0 Å². The predicted molar refractivity (Wildman–Crippen MR) is 106 cm³/mol. The molecule has 1 saturated heterocycles. The second-order valence-electron chi connectivity index (χ2n) is 6.75. The highest BCUT2D eigenvalue weighted by molar-refractivity contribution is 5.81. The molecule has 27 heavy (non-hydrogen) atoms. The van der Waals surface area contributed by atoms with Crippen LogP contribution in [-0.4, -0.2) is 55.1 Å². The number of carbonyl (C=O) groups excluding carboxylic acids is 1. The van der Waals surface area contributed by atoms with E-state index in [4.69, 9.17) is 9.47 Å². The van der Waals surface area contributed by atoms with Crippen LogP contribution >= 0.6 is 0 Å². The van der Waals surface area contributed by atoms with Gasteiger partial charge in [-0.3, -0.25) is 9.69 Å². The van der Waals surface area contributed by atoms with Gasteiger partial charge >= 0.3 is 0 Å². The molecule has 0 spiro atoms. The van der Waals surface area contributed by atoms with Crippen LogP contribution in [-0.2, 0) is 11.3 Å². The van der Waals surface area contributed by atoms with Gasteiger partial charge in [0.25, 0.3) is 5.91 Å². The predicted octanol–water partition coefficient (Wildman–Crippen LogP) is 3.20. The molecule has 0 bridgehead atoms. The Hall–Kier alpha value is -2.53. The van der Waals surface area contributed by atoms with Crippen LogP contribution in [0.5, 0.6) is 11.5 Å². The van der Waals surface area contributed by atoms with Gasteiger partial charge in [0, 0.05) is 32.7 Å². The summed E-state index contributed by atoms with van der Waals surface area (Å²) in [7, 11) is 1.61. The number of ether oxygens (including phenoxy) is 2. The van der Waals surface area contributed by atoms with Gasteiger partial charge in [0.1, 0.15) is 0 Å². The highest BCUT2D eigenvalue weighted by Crippen LogP contribution is 2.27. The minimum absolute atomic E-state index is 0.0581. The fourth-order valence-electron chi connectivity index (χ4n) is 3.35. The summed E-state index contributed by atoms with van der Waals surface area (Å²) in [6.45, 7) is 6.13. The molecule has 1 amide bonds. The average molecular weight is 368 g/mol. The van der Waals surface area contributed by atoms with Gasteiger partial charge < -0.3 is 14.4 Å². The van der Waals surface area contributed by atoms with Crippen molar-refractivity contribution in [1.29, 1.82) is 0 Å². The monoisotopic (exact) mass is 368 g/mol. The zero-order valence-electron chi connectivity index (χ0n) is 16.1. The van der Waals surface area contributed by atoms with Crippen molar-refractivity contribution in [2.75, 3.05) is 33.3 Å². The zero-order chi connectivity index (χ0) is 19.1. The lowest BCUT2D eigenvalue weighted by atomic mass is 10.1. The second-order valence-corrected chi connectivity index (χ2v) is 6.75. The first-order chi connectivity index (χ1) is 13.2. The molecule has 0 saturated carbocycles. The molecule has 0 radical (unpaired) electrons. The molecule has 1 aliphatic heterocycles. The van der Waals surface area contributed by atoms with E-state index in [-0.39, 0.29) is 5.91 Å². The SMILES string of the molecule is CC[C@H](Oc1ccccc1OC)C(=O)N1CCN(Cc2ccccc2)CC1. The van der Waals surface area contributed by atoms with Crippen molar-refractivity contribution in [1.82, 2.24) is 9.80 Å². The Bertz CT molecular complexity index is 727. The highest BCUT2D eigenvalue weighted by atomic mass is 16.5. The maximum Gasteiger partial charge on any atom is 0.263 e. The van der Waals surface area contributed by atoms with E-state index in [1.165, 1.54) is 5.56 Å². The van der Waals surface area contributed by atoms with E-state index < -0.39 is 6.10 Å². The van der Waals surface area contributed by atoms with Crippen LogP contribution in [0, 0.1) is 0 Å². The van der Waals surface area contributed by atoms with Gasteiger partial charge in [-0.25, -0.2) is 0 Å². The van der Waals surface area contributed by atoms with E-state index in [0.29, 0.717) is 17.9 Å². The number of hydrogen-bond donors (Lipinski definition) is 0. The third kappa shape index (κ3) is 5.01. The molecule has 1 atom stereocenters. The van der Waals surface area contributed by atoms with Gasteiger partial charge in [-0.05, 0) is 24.1 Å². The van der Waals surface area contributed by atoms with Crippen molar-refractivity contribution in [3.63, 3.8) is 0 Å². The summed E-state index contributed by atoms with van der Waals surface area (Å²) in [4.78, 5) is 17.3. The van der Waals surface area contributed by atoms with Crippen molar-refractivity contribution in [2.45, 2.75) is 26.0 Å². The molecule has 5 nitrogen and oxygen atoms in total. The van der Waals surface area contributed by atoms with Gasteiger partial charge in [-0.2, -0.15) is 0 Å². The first-order valence-electron chi connectivity index (χ1n) is 9.56. The molecule has 0 unspecified atom stereocenters. The largest absolute Gasteiger partial charge is 0.493 e. The molecular formula is C22H28N2O3. The normalized spacial score (nSPS) is 16.0. The Balaban J connectivity index is 1.55. The van der Waals surface area contributed by atoms with Gasteiger partial charge in [-0.1, -0.05) is 49.4 Å². The number of rotatable bonds is 7. The van der Waals surface area contributed by atoms with Crippen molar-refractivity contribution in [2.24, 2.45) is 0 Å². The highest BCUT2D eigenvalue weighted by Gasteiger charge is 2.28. The first kappa shape index (κ1) is 19.2. The minimum Gasteiger partial charge on any atom is -0.493 e. The molecule has 5 heteroatoms. The number of nitrogens with zero attached hydrogens (tertiary/aromatic N) is 2. The molecule has 1 aliphatic rings. The number of methoxy groups -OCH3 is 1. The molecule has 0 aliphatic carbocycles. The summed E-state index contributed by atoms with van der Waals surface area (Å²) in [6, 6.07) is 17.9. The molecule has 0 aromatic heterocycles. The molecular weight excluding hydrogens is 340 g/mol. The molecule has 2 aromatic rings. The van der Waals surface area contributed by atoms with E-state index in [0.717, 1.165) is 32.7 Å². The number of benzene rings is 2. The number of amides is 1. The van der Waals surface area contributed by atoms with Crippen molar-refractivity contribution in [3.8, 4) is 11.5 Å². The maximum atomic E-state index is 12.9. The van der Waals surface area contributed by atoms with Crippen LogP contribution in [0.15, 0.2) is 54.6 Å². The van der Waals surface area contributed by atoms with Crippen LogP contribution in [0.25, 0.3) is 0 Å². The Morgan fingerprint density at radius 3 is 2.22 bits per heavy atom. The summed E-state index contributed by atoms with van der Waals surface area (Å²) in [5.41, 5.74) is 1.31. The standard InChI is InChI=1S/C22H28N2O3/c1-3-19(27-21-12-8-7-11-20(21)26-2)22(25)24-15-13-23(14-16-24)17-18-9-5-4-6-10-18/h4-12,19H,3,13-17H2,1-2H3/t19-/m0/s1. The third-order valence-corrected chi connectivity index (χ3v) is 4.92. The summed E-state index contributed by atoms with van der Waals surface area (Å²) in [5.74, 6) is 1.32. The van der Waals surface area contributed by atoms with E-state index in [1.807, 2.05) is 42.2 Å². The fourth-order valence-corrected chi connectivity index (χ4v) is 3.35. The average Bonchev–Trinajstić information content (AvgIpc) is 2.73. The number of hydrogen-bond acceptors (Lipinski definition) is 4. The number of carbonyl (C=O) groups is 1. The van der Waals surface area contributed by atoms with Crippen LogP contribution in [0.2, 0.25) is 0 Å². The van der Waals surface area contributed by atoms with E-state index >= 15 is 0 Å². The second kappa shape index (κ2) is 9.42. The lowest BCUT2D eigenvalue weighted by molar-refractivity contribution is -0.140. The Labute approximate surface area is 161 Å². The maximum absolute atomic E-state index is 12.9. The zero-order valence-corrected chi connectivity index (χ0v) is 16.1. The van der Waals surface area contributed by atoms with Crippen LogP contribution in [0.3, 0.4) is 0 Å². The van der Waals surface area contributed by atoms with E-state index in [1.54, 1.807) is 7.11 Å². The van der Waals surface area contributed by atoms with Crippen LogP contribution in [0.4, 0.5) is 0 Å². The molecule has 1 fully saturated rings. The molecule has 1 heterocycles. The van der Waals surface area contributed by atoms with E-state index in [2.05, 4.69) is 29.2 Å². The lowest BCUT2D eigenvalue weighted by Crippen LogP contribution is -2.52. The van der Waals surface area contributed by atoms with E-state index in [9.17, 15) is 4.79 Å². The first-order valence-corrected chi connectivity index (χ1v) is 9.56. The van der Waals surface area contributed by atoms with Crippen LogP contribution in [0.1, 0.15) is 18.9 Å². The Kier molecular flexibility index (Phi) is 6.71. The summed E-state index contributed by atoms with van der Waals surface area (Å²) in [6.07, 6.45) is 0.142. The number of para-hydroxylation sites is 2. The minimum atomic E-state index is -0.484. The molecule has 0 N–H and O–H groups in total. The Morgan fingerprint density at radius 1 is 0.963 bits per heavy atom. The van der Waals surface area contributed by atoms with Gasteiger partial charge in [0.15, 0.2) is 17.6 Å². The fraction of sp³-hybridized carbons (Fsp3) is 0.409. The Morgan fingerprint density at radius 2 is 1.59 bits per heavy atom. The van der Waals surface area contributed by atoms with Crippen molar-refractivity contribution >= 4 is 5.91 Å². The quantitative estimate of drug-likeness (QED) is 0.753. The summed E-state index contributed by atoms with van der Waals surface area (Å²) < 4.78 is 11.3. The molecule has 144 valence electrons. The van der Waals surface area contributed by atoms with Crippen molar-refractivity contribution in [3.05, 3.63) is 60.2 Å². The summed E-state index contributed by atoms with van der Waals surface area (Å²) >= 11 is 0. The molecule has 2 aromatic carbocycles. The van der Waals surface area contributed by atoms with Gasteiger partial charge in [0.05, 0.1) is 7.11 Å². The third-order valence-electron chi connectivity index (χ3n) is 4.92. The summed E-state index contributed by atoms with van der Waals surface area (Å²) in [5, 5.41) is 0. The van der Waals surface area contributed by atoms with Gasteiger partial charge in [-0.15, -0.1) is 0 Å². The number of piperazine rings is 1. The lowest BCUT2D eigenvalue weighted by Gasteiger charge is -2.36. The smallest absolute Gasteiger partial charge is 0.263 e.